The molecule has 0 radical (unpaired) electrons. The zero-order chi connectivity index (χ0) is 14.5. The van der Waals surface area contributed by atoms with Gasteiger partial charge in [-0.05, 0) is 25.8 Å². The van der Waals surface area contributed by atoms with E-state index in [2.05, 4.69) is 54.7 Å². The van der Waals surface area contributed by atoms with E-state index in [0.29, 0.717) is 0 Å². The monoisotopic (exact) mass is 259 g/mol. The van der Waals surface area contributed by atoms with E-state index in [1.54, 1.807) is 0 Å². The fourth-order valence-electron chi connectivity index (χ4n) is 1.43. The van der Waals surface area contributed by atoms with Gasteiger partial charge in [-0.2, -0.15) is 0 Å². The molecule has 0 bridgehead atoms. The lowest BCUT2D eigenvalue weighted by Gasteiger charge is -1.89. The van der Waals surface area contributed by atoms with E-state index in [1.165, 1.54) is 5.57 Å². The number of nitrogens with zero attached hydrogens (tertiary/aromatic N) is 2. The molecule has 2 nitrogen and oxygen atoms in total. The third-order valence-corrected chi connectivity index (χ3v) is 2.62. The Balaban J connectivity index is 0.000000344. The van der Waals surface area contributed by atoms with E-state index in [-0.39, 0.29) is 0 Å². The lowest BCUT2D eigenvalue weighted by Crippen LogP contribution is -2.29. The zero-order valence-electron chi connectivity index (χ0n) is 12.5. The number of aryl methyl sites for hydroxylation is 1. The Morgan fingerprint density at radius 2 is 2.05 bits per heavy atom. The molecule has 2 heteroatoms. The summed E-state index contributed by atoms with van der Waals surface area (Å²) in [6.45, 7) is 15.5. The van der Waals surface area contributed by atoms with Gasteiger partial charge in [0.05, 0.1) is 6.54 Å². The minimum absolute atomic E-state index is 0.896. The van der Waals surface area contributed by atoms with E-state index in [4.69, 9.17) is 0 Å². The third-order valence-electron chi connectivity index (χ3n) is 2.62. The molecule has 0 N–H and O–H groups in total. The maximum absolute atomic E-state index is 3.68. The predicted octanol–water partition coefficient (Wildman–Crippen LogP) is 4.07. The van der Waals surface area contributed by atoms with Crippen LogP contribution in [0.4, 0.5) is 0 Å². The highest BCUT2D eigenvalue weighted by molar-refractivity contribution is 5.21. The minimum atomic E-state index is 0.896. The topological polar surface area (TPSA) is 8.81 Å². The summed E-state index contributed by atoms with van der Waals surface area (Å²) in [5, 5.41) is 0. The maximum Gasteiger partial charge on any atom is 0.244 e. The Morgan fingerprint density at radius 1 is 1.32 bits per heavy atom. The molecule has 1 aromatic rings. The summed E-state index contributed by atoms with van der Waals surface area (Å²) in [5.41, 5.74) is 1.29. The third kappa shape index (κ3) is 7.98. The summed E-state index contributed by atoms with van der Waals surface area (Å²) in [6, 6.07) is 0. The van der Waals surface area contributed by atoms with Crippen molar-refractivity contribution in [3.8, 4) is 0 Å². The van der Waals surface area contributed by atoms with Crippen molar-refractivity contribution in [3.05, 3.63) is 67.8 Å². The number of hydrogen-bond acceptors (Lipinski definition) is 0. The second-order valence-corrected chi connectivity index (χ2v) is 4.05. The van der Waals surface area contributed by atoms with Gasteiger partial charge < -0.3 is 0 Å². The number of aromatic nitrogens is 2. The molecule has 1 rings (SSSR count). The first-order valence-electron chi connectivity index (χ1n) is 6.81. The van der Waals surface area contributed by atoms with Crippen LogP contribution in [0, 0.1) is 0 Å². The Kier molecular flexibility index (Phi) is 10.2. The average Bonchev–Trinajstić information content (AvgIpc) is 2.89. The SMILES string of the molecule is C=C/C(=C\C=C/C)CC.C=CC[n+]1ccn(CC)c1. The lowest BCUT2D eigenvalue weighted by molar-refractivity contribution is -0.686. The normalized spacial score (nSPS) is 11.0. The molecule has 1 heterocycles. The van der Waals surface area contributed by atoms with E-state index in [1.807, 2.05) is 37.4 Å². The van der Waals surface area contributed by atoms with Crippen LogP contribution in [-0.4, -0.2) is 4.57 Å². The highest BCUT2D eigenvalue weighted by atomic mass is 15.1. The minimum Gasteiger partial charge on any atom is -0.237 e. The molecule has 0 unspecified atom stereocenters. The van der Waals surface area contributed by atoms with Crippen LogP contribution in [0.5, 0.6) is 0 Å². The van der Waals surface area contributed by atoms with Crippen molar-refractivity contribution in [3.63, 3.8) is 0 Å². The quantitative estimate of drug-likeness (QED) is 0.414. The zero-order valence-corrected chi connectivity index (χ0v) is 12.5. The molecule has 0 aliphatic carbocycles. The van der Waals surface area contributed by atoms with Crippen LogP contribution in [0.15, 0.2) is 67.8 Å². The summed E-state index contributed by atoms with van der Waals surface area (Å²) in [5.74, 6) is 0. The van der Waals surface area contributed by atoms with Crippen LogP contribution in [0.3, 0.4) is 0 Å². The van der Waals surface area contributed by atoms with Crippen LogP contribution in [0.1, 0.15) is 27.2 Å². The van der Waals surface area contributed by atoms with Gasteiger partial charge in [0.2, 0.25) is 6.33 Å². The molecule has 0 saturated carbocycles. The Hall–Kier alpha value is -1.83. The van der Waals surface area contributed by atoms with Gasteiger partial charge in [0.25, 0.3) is 0 Å². The molecule has 0 aliphatic rings. The number of allylic oxidation sites excluding steroid dienone is 6. The largest absolute Gasteiger partial charge is 0.244 e. The summed E-state index contributed by atoms with van der Waals surface area (Å²) < 4.78 is 4.22. The van der Waals surface area contributed by atoms with E-state index in [0.717, 1.165) is 19.5 Å². The first kappa shape index (κ1) is 17.2. The van der Waals surface area contributed by atoms with Crippen molar-refractivity contribution in [1.82, 2.24) is 4.57 Å². The fraction of sp³-hybridized carbons (Fsp3) is 0.353. The van der Waals surface area contributed by atoms with Gasteiger partial charge in [0.15, 0.2) is 0 Å². The molecule has 0 spiro atoms. The van der Waals surface area contributed by atoms with Crippen molar-refractivity contribution in [2.24, 2.45) is 0 Å². The van der Waals surface area contributed by atoms with Crippen LogP contribution in [0.2, 0.25) is 0 Å². The number of hydrogen-bond donors (Lipinski definition) is 0. The molecule has 104 valence electrons. The molecule has 0 atom stereocenters. The van der Waals surface area contributed by atoms with Crippen molar-refractivity contribution >= 4 is 0 Å². The smallest absolute Gasteiger partial charge is 0.237 e. The summed E-state index contributed by atoms with van der Waals surface area (Å²) in [4.78, 5) is 0. The molecular weight excluding hydrogens is 232 g/mol. The van der Waals surface area contributed by atoms with Crippen molar-refractivity contribution in [2.45, 2.75) is 40.3 Å². The second-order valence-electron chi connectivity index (χ2n) is 4.05. The Morgan fingerprint density at radius 3 is 2.47 bits per heavy atom. The summed E-state index contributed by atoms with van der Waals surface area (Å²) >= 11 is 0. The highest BCUT2D eigenvalue weighted by Gasteiger charge is 1.96. The Labute approximate surface area is 118 Å². The van der Waals surface area contributed by atoms with E-state index < -0.39 is 0 Å². The summed E-state index contributed by atoms with van der Waals surface area (Å²) in [7, 11) is 0. The van der Waals surface area contributed by atoms with Gasteiger partial charge in [-0.3, -0.25) is 0 Å². The van der Waals surface area contributed by atoms with E-state index in [9.17, 15) is 0 Å². The Bertz CT molecular complexity index is 422. The molecule has 0 aliphatic heterocycles. The predicted molar refractivity (Wildman–Crippen MR) is 83.9 cm³/mol. The van der Waals surface area contributed by atoms with Crippen molar-refractivity contribution in [2.75, 3.05) is 0 Å². The molecule has 0 aromatic carbocycles. The molecule has 19 heavy (non-hydrogen) atoms. The number of imidazole rings is 1. The molecular formula is C17H27N2+. The highest BCUT2D eigenvalue weighted by Crippen LogP contribution is 2.00. The van der Waals surface area contributed by atoms with Gasteiger partial charge in [-0.15, -0.1) is 0 Å². The molecule has 0 amide bonds. The van der Waals surface area contributed by atoms with Crippen LogP contribution < -0.4 is 4.57 Å². The van der Waals surface area contributed by atoms with Crippen LogP contribution in [0.25, 0.3) is 0 Å². The van der Waals surface area contributed by atoms with Crippen LogP contribution >= 0.6 is 0 Å². The first-order chi connectivity index (χ1) is 9.21. The van der Waals surface area contributed by atoms with Crippen LogP contribution in [-0.2, 0) is 13.1 Å². The molecule has 1 aromatic heterocycles. The first-order valence-corrected chi connectivity index (χ1v) is 6.81. The van der Waals surface area contributed by atoms with Gasteiger partial charge in [0, 0.05) is 0 Å². The lowest BCUT2D eigenvalue weighted by atomic mass is 10.2. The number of rotatable bonds is 6. The van der Waals surface area contributed by atoms with Gasteiger partial charge in [-0.1, -0.05) is 50.5 Å². The fourth-order valence-corrected chi connectivity index (χ4v) is 1.43. The average molecular weight is 259 g/mol. The molecule has 0 saturated heterocycles. The van der Waals surface area contributed by atoms with Gasteiger partial charge >= 0.3 is 0 Å². The van der Waals surface area contributed by atoms with Crippen molar-refractivity contribution < 1.29 is 4.57 Å². The second kappa shape index (κ2) is 11.3. The van der Waals surface area contributed by atoms with Gasteiger partial charge in [0.1, 0.15) is 18.9 Å². The van der Waals surface area contributed by atoms with Crippen molar-refractivity contribution in [1.29, 1.82) is 0 Å². The van der Waals surface area contributed by atoms with Gasteiger partial charge in [-0.25, -0.2) is 9.13 Å². The molecule has 0 fully saturated rings. The standard InChI is InChI=1S/C9H14.C8H13N2/c1-4-7-8-9(5-2)6-3;1-3-5-10-7-6-9(4-2)8-10/h4-5,7-8H,2,6H2,1,3H3;3,6-8H,1,4-5H2,2H3/q;+1/b7-4-,9-8+;. The summed E-state index contributed by atoms with van der Waals surface area (Å²) in [6.07, 6.45) is 17.1. The maximum atomic E-state index is 3.68. The van der Waals surface area contributed by atoms with E-state index >= 15 is 0 Å².